The summed E-state index contributed by atoms with van der Waals surface area (Å²) < 4.78 is 13.5. The molecule has 0 atom stereocenters. The zero-order chi connectivity index (χ0) is 22.9. The number of allylic oxidation sites excluding steroid dienone is 1. The molecule has 0 aliphatic rings. The lowest BCUT2D eigenvalue weighted by Gasteiger charge is -2.13. The number of anilines is 1. The van der Waals surface area contributed by atoms with E-state index in [2.05, 4.69) is 22.1 Å². The number of carbonyl (C=O) groups excluding carboxylic acids is 1. The van der Waals surface area contributed by atoms with Crippen molar-refractivity contribution in [2.45, 2.75) is 39.1 Å². The molecule has 0 radical (unpaired) electrons. The highest BCUT2D eigenvalue weighted by atomic mass is 32.2. The van der Waals surface area contributed by atoms with E-state index in [-0.39, 0.29) is 18.3 Å². The molecule has 0 bridgehead atoms. The Labute approximate surface area is 192 Å². The molecule has 0 unspecified atom stereocenters. The van der Waals surface area contributed by atoms with Crippen molar-refractivity contribution in [3.63, 3.8) is 0 Å². The number of aromatic nitrogens is 3. The second kappa shape index (κ2) is 11.4. The molecule has 0 saturated heterocycles. The number of carbonyl (C=O) groups is 1. The number of hydrogen-bond acceptors (Lipinski definition) is 6. The molecule has 32 heavy (non-hydrogen) atoms. The van der Waals surface area contributed by atoms with Gasteiger partial charge < -0.3 is 14.8 Å². The minimum absolute atomic E-state index is 0.106. The number of hydrogen-bond donors (Lipinski definition) is 1. The first-order valence-electron chi connectivity index (χ1n) is 10.4. The molecule has 0 fully saturated rings. The number of nitrogens with one attached hydrogen (secondary N) is 1. The van der Waals surface area contributed by atoms with E-state index in [0.717, 1.165) is 16.8 Å². The number of ether oxygens (including phenoxy) is 2. The number of nitrogens with zero attached hydrogens (tertiary/aromatic N) is 3. The first kappa shape index (κ1) is 23.4. The van der Waals surface area contributed by atoms with Crippen molar-refractivity contribution in [3.05, 3.63) is 72.1 Å². The summed E-state index contributed by atoms with van der Waals surface area (Å²) in [7, 11) is 0. The summed E-state index contributed by atoms with van der Waals surface area (Å²) in [5.74, 6) is 2.11. The Kier molecular flexibility index (Phi) is 8.33. The number of benzene rings is 2. The molecule has 0 saturated carbocycles. The van der Waals surface area contributed by atoms with E-state index in [9.17, 15) is 4.79 Å². The Morgan fingerprint density at radius 2 is 1.84 bits per heavy atom. The summed E-state index contributed by atoms with van der Waals surface area (Å²) in [6.07, 6.45) is 1.76. The highest BCUT2D eigenvalue weighted by molar-refractivity contribution is 7.99. The molecule has 1 N–H and O–H groups in total. The van der Waals surface area contributed by atoms with Crippen LogP contribution in [-0.4, -0.2) is 33.0 Å². The smallest absolute Gasteiger partial charge is 0.234 e. The van der Waals surface area contributed by atoms with Crippen LogP contribution in [0.5, 0.6) is 11.5 Å². The van der Waals surface area contributed by atoms with Gasteiger partial charge in [-0.2, -0.15) is 0 Å². The lowest BCUT2D eigenvalue weighted by Crippen LogP contribution is -2.15. The van der Waals surface area contributed by atoms with Gasteiger partial charge in [-0.25, -0.2) is 0 Å². The van der Waals surface area contributed by atoms with Crippen LogP contribution in [0.3, 0.4) is 0 Å². The van der Waals surface area contributed by atoms with Gasteiger partial charge in [-0.15, -0.1) is 16.8 Å². The quantitative estimate of drug-likeness (QED) is 0.333. The monoisotopic (exact) mass is 452 g/mol. The molecule has 0 aliphatic carbocycles. The van der Waals surface area contributed by atoms with Crippen LogP contribution in [0.1, 0.15) is 23.9 Å². The van der Waals surface area contributed by atoms with Crippen molar-refractivity contribution in [2.75, 3.05) is 17.7 Å². The maximum absolute atomic E-state index is 12.3. The van der Waals surface area contributed by atoms with Crippen molar-refractivity contribution in [3.8, 4) is 11.5 Å². The normalized spacial score (nSPS) is 10.6. The molecule has 3 rings (SSSR count). The van der Waals surface area contributed by atoms with Crippen molar-refractivity contribution in [2.24, 2.45) is 0 Å². The van der Waals surface area contributed by atoms with E-state index in [0.29, 0.717) is 35.6 Å². The molecule has 2 aromatic carbocycles. The van der Waals surface area contributed by atoms with Crippen LogP contribution in [0.15, 0.2) is 60.3 Å². The lowest BCUT2D eigenvalue weighted by atomic mass is 10.2. The van der Waals surface area contributed by atoms with Crippen molar-refractivity contribution in [1.29, 1.82) is 0 Å². The van der Waals surface area contributed by atoms with Gasteiger partial charge in [-0.05, 0) is 50.6 Å². The zero-order valence-electron chi connectivity index (χ0n) is 18.6. The van der Waals surface area contributed by atoms with Gasteiger partial charge in [0.2, 0.25) is 5.91 Å². The Balaban J connectivity index is 1.64. The van der Waals surface area contributed by atoms with Gasteiger partial charge in [0.1, 0.15) is 6.61 Å². The Morgan fingerprint density at radius 1 is 1.09 bits per heavy atom. The minimum atomic E-state index is -0.106. The third-order valence-corrected chi connectivity index (χ3v) is 5.50. The Hall–Kier alpha value is -3.26. The number of aryl methyl sites for hydroxylation is 2. The SMILES string of the molecule is C=CCn1c(COc2ccc(C)cc2OCC)nnc1SCC(=O)Nc1ccc(C)cc1. The average Bonchev–Trinajstić information content (AvgIpc) is 3.15. The topological polar surface area (TPSA) is 78.3 Å². The van der Waals surface area contributed by atoms with E-state index in [1.807, 2.05) is 67.8 Å². The molecular weight excluding hydrogens is 424 g/mol. The lowest BCUT2D eigenvalue weighted by molar-refractivity contribution is -0.113. The Morgan fingerprint density at radius 3 is 2.56 bits per heavy atom. The second-order valence-corrected chi connectivity index (χ2v) is 8.12. The fourth-order valence-electron chi connectivity index (χ4n) is 2.95. The molecule has 8 heteroatoms. The van der Waals surface area contributed by atoms with Gasteiger partial charge in [-0.3, -0.25) is 9.36 Å². The van der Waals surface area contributed by atoms with Crippen LogP contribution in [0.25, 0.3) is 0 Å². The molecule has 1 aromatic heterocycles. The number of rotatable bonds is 11. The summed E-state index contributed by atoms with van der Waals surface area (Å²) in [6, 6.07) is 13.5. The number of thioether (sulfide) groups is 1. The highest BCUT2D eigenvalue weighted by Crippen LogP contribution is 2.29. The highest BCUT2D eigenvalue weighted by Gasteiger charge is 2.15. The fourth-order valence-corrected chi connectivity index (χ4v) is 3.72. The standard InChI is InChI=1S/C24H28N4O3S/c1-5-13-28-22(15-31-20-12-9-18(4)14-21(20)30-6-2)26-27-24(28)32-16-23(29)25-19-10-7-17(3)8-11-19/h5,7-12,14H,1,6,13,15-16H2,2-4H3,(H,25,29). The van der Waals surface area contributed by atoms with Crippen LogP contribution in [0, 0.1) is 13.8 Å². The molecular formula is C24H28N4O3S. The molecule has 0 spiro atoms. The maximum atomic E-state index is 12.3. The minimum Gasteiger partial charge on any atom is -0.490 e. The predicted octanol–water partition coefficient (Wildman–Crippen LogP) is 4.79. The molecule has 1 heterocycles. The second-order valence-electron chi connectivity index (χ2n) is 7.17. The molecule has 3 aromatic rings. The van der Waals surface area contributed by atoms with Crippen molar-refractivity contribution in [1.82, 2.24) is 14.8 Å². The van der Waals surface area contributed by atoms with Crippen LogP contribution in [0.4, 0.5) is 5.69 Å². The van der Waals surface area contributed by atoms with Crippen molar-refractivity contribution >= 4 is 23.4 Å². The van der Waals surface area contributed by atoms with Crippen LogP contribution in [-0.2, 0) is 17.9 Å². The molecule has 168 valence electrons. The molecule has 0 aliphatic heterocycles. The van der Waals surface area contributed by atoms with Gasteiger partial charge in [-0.1, -0.05) is 41.6 Å². The summed E-state index contributed by atoms with van der Waals surface area (Å²) in [4.78, 5) is 12.3. The van der Waals surface area contributed by atoms with Gasteiger partial charge in [0, 0.05) is 12.2 Å². The molecule has 7 nitrogen and oxygen atoms in total. The number of amides is 1. The van der Waals surface area contributed by atoms with E-state index in [1.54, 1.807) is 6.08 Å². The first-order chi connectivity index (χ1) is 15.5. The van der Waals surface area contributed by atoms with E-state index in [1.165, 1.54) is 11.8 Å². The van der Waals surface area contributed by atoms with Gasteiger partial charge in [0.25, 0.3) is 0 Å². The predicted molar refractivity (Wildman–Crippen MR) is 127 cm³/mol. The fraction of sp³-hybridized carbons (Fsp3) is 0.292. The van der Waals surface area contributed by atoms with E-state index < -0.39 is 0 Å². The van der Waals surface area contributed by atoms with Gasteiger partial charge in [0.05, 0.1) is 12.4 Å². The maximum Gasteiger partial charge on any atom is 0.234 e. The first-order valence-corrected chi connectivity index (χ1v) is 11.4. The average molecular weight is 453 g/mol. The van der Waals surface area contributed by atoms with E-state index >= 15 is 0 Å². The summed E-state index contributed by atoms with van der Waals surface area (Å²) in [5.41, 5.74) is 3.01. The molecule has 1 amide bonds. The third-order valence-electron chi connectivity index (χ3n) is 4.53. The Bertz CT molecular complexity index is 1060. The van der Waals surface area contributed by atoms with Crippen molar-refractivity contribution < 1.29 is 14.3 Å². The van der Waals surface area contributed by atoms with Crippen LogP contribution < -0.4 is 14.8 Å². The largest absolute Gasteiger partial charge is 0.490 e. The van der Waals surface area contributed by atoms with Crippen LogP contribution in [0.2, 0.25) is 0 Å². The summed E-state index contributed by atoms with van der Waals surface area (Å²) >= 11 is 1.32. The van der Waals surface area contributed by atoms with Crippen LogP contribution >= 0.6 is 11.8 Å². The summed E-state index contributed by atoms with van der Waals surface area (Å²) in [6.45, 7) is 11.1. The zero-order valence-corrected chi connectivity index (χ0v) is 19.4. The van der Waals surface area contributed by atoms with E-state index in [4.69, 9.17) is 9.47 Å². The van der Waals surface area contributed by atoms with Gasteiger partial charge >= 0.3 is 0 Å². The third kappa shape index (κ3) is 6.37. The van der Waals surface area contributed by atoms with Gasteiger partial charge in [0.15, 0.2) is 22.5 Å². The summed E-state index contributed by atoms with van der Waals surface area (Å²) in [5, 5.41) is 12.0.